The van der Waals surface area contributed by atoms with Gasteiger partial charge < -0.3 is 9.84 Å². The van der Waals surface area contributed by atoms with Gasteiger partial charge in [-0.1, -0.05) is 19.8 Å². The molecular formula is C13H25NO3. The van der Waals surface area contributed by atoms with E-state index in [1.165, 1.54) is 0 Å². The molecular weight excluding hydrogens is 218 g/mol. The van der Waals surface area contributed by atoms with Crippen LogP contribution in [0.1, 0.15) is 39.5 Å². The molecule has 3 unspecified atom stereocenters. The molecule has 0 bridgehead atoms. The fourth-order valence-corrected chi connectivity index (χ4v) is 3.01. The second-order valence-corrected chi connectivity index (χ2v) is 4.93. The van der Waals surface area contributed by atoms with Crippen molar-refractivity contribution in [2.45, 2.75) is 51.6 Å². The maximum absolute atomic E-state index is 11.3. The quantitative estimate of drug-likeness (QED) is 0.775. The van der Waals surface area contributed by atoms with E-state index in [0.29, 0.717) is 6.61 Å². The summed E-state index contributed by atoms with van der Waals surface area (Å²) < 4.78 is 5.18. The van der Waals surface area contributed by atoms with Crippen LogP contribution < -0.4 is 0 Å². The minimum Gasteiger partial charge on any atom is -0.481 e. The Morgan fingerprint density at radius 1 is 1.47 bits per heavy atom. The first-order chi connectivity index (χ1) is 8.11. The summed E-state index contributed by atoms with van der Waals surface area (Å²) >= 11 is 0. The Balaban J connectivity index is 2.73. The fourth-order valence-electron chi connectivity index (χ4n) is 3.01. The van der Waals surface area contributed by atoms with Crippen molar-refractivity contribution in [2.75, 3.05) is 20.3 Å². The number of carbonyl (C=O) groups is 1. The Bertz CT molecular complexity index is 245. The van der Waals surface area contributed by atoms with E-state index >= 15 is 0 Å². The molecule has 0 aromatic carbocycles. The molecule has 4 heteroatoms. The van der Waals surface area contributed by atoms with Crippen LogP contribution in [0.5, 0.6) is 0 Å². The first kappa shape index (κ1) is 14.5. The van der Waals surface area contributed by atoms with Gasteiger partial charge in [0, 0.05) is 19.2 Å². The van der Waals surface area contributed by atoms with Crippen molar-refractivity contribution in [2.24, 2.45) is 5.92 Å². The Labute approximate surface area is 104 Å². The summed E-state index contributed by atoms with van der Waals surface area (Å²) in [6.45, 7) is 5.76. The summed E-state index contributed by atoms with van der Waals surface area (Å²) in [5.74, 6) is -0.847. The van der Waals surface area contributed by atoms with Crippen LogP contribution in [0.3, 0.4) is 0 Å². The van der Waals surface area contributed by atoms with Crippen molar-refractivity contribution >= 4 is 5.97 Å². The molecule has 1 N–H and O–H groups in total. The average Bonchev–Trinajstić information content (AvgIpc) is 2.31. The summed E-state index contributed by atoms with van der Waals surface area (Å²) in [6.07, 6.45) is 4.00. The van der Waals surface area contributed by atoms with Crippen LogP contribution in [0.15, 0.2) is 0 Å². The average molecular weight is 243 g/mol. The Hall–Kier alpha value is -0.610. The number of ether oxygens (including phenoxy) is 1. The van der Waals surface area contributed by atoms with Crippen molar-refractivity contribution in [1.29, 1.82) is 0 Å². The van der Waals surface area contributed by atoms with Gasteiger partial charge >= 0.3 is 5.97 Å². The Kier molecular flexibility index (Phi) is 5.92. The minimum absolute atomic E-state index is 0.177. The van der Waals surface area contributed by atoms with Gasteiger partial charge in [0.2, 0.25) is 0 Å². The molecule has 1 fully saturated rings. The van der Waals surface area contributed by atoms with Gasteiger partial charge in [-0.05, 0) is 26.3 Å². The van der Waals surface area contributed by atoms with E-state index < -0.39 is 5.97 Å². The van der Waals surface area contributed by atoms with Gasteiger partial charge in [0.1, 0.15) is 0 Å². The highest BCUT2D eigenvalue weighted by atomic mass is 16.5. The zero-order chi connectivity index (χ0) is 12.8. The first-order valence-electron chi connectivity index (χ1n) is 6.59. The van der Waals surface area contributed by atoms with E-state index in [4.69, 9.17) is 4.74 Å². The lowest BCUT2D eigenvalue weighted by molar-refractivity contribution is -0.146. The number of likely N-dealkylation sites (N-methyl/N-ethyl adjacent to an activating group) is 1. The van der Waals surface area contributed by atoms with E-state index in [1.54, 1.807) is 7.11 Å². The maximum Gasteiger partial charge on any atom is 0.308 e. The minimum atomic E-state index is -0.641. The summed E-state index contributed by atoms with van der Waals surface area (Å²) in [5, 5.41) is 9.31. The third-order valence-electron chi connectivity index (χ3n) is 3.81. The number of aliphatic carboxylic acids is 1. The standard InChI is InChI=1S/C13H25NO3/c1-4-14(10(2)9-17-3)12-8-6-5-7-11(12)13(15)16/h10-12H,4-9H2,1-3H3,(H,15,16). The van der Waals surface area contributed by atoms with Crippen molar-refractivity contribution in [1.82, 2.24) is 4.90 Å². The zero-order valence-electron chi connectivity index (χ0n) is 11.2. The number of carboxylic acids is 1. The molecule has 4 nitrogen and oxygen atoms in total. The van der Waals surface area contributed by atoms with E-state index in [2.05, 4.69) is 18.7 Å². The van der Waals surface area contributed by atoms with Gasteiger partial charge in [0.25, 0.3) is 0 Å². The monoisotopic (exact) mass is 243 g/mol. The number of hydrogen-bond acceptors (Lipinski definition) is 3. The molecule has 3 atom stereocenters. The third-order valence-corrected chi connectivity index (χ3v) is 3.81. The number of rotatable bonds is 6. The largest absolute Gasteiger partial charge is 0.481 e. The molecule has 0 radical (unpaired) electrons. The number of methoxy groups -OCH3 is 1. The highest BCUT2D eigenvalue weighted by Crippen LogP contribution is 2.29. The highest BCUT2D eigenvalue weighted by molar-refractivity contribution is 5.71. The summed E-state index contributed by atoms with van der Waals surface area (Å²) in [5.41, 5.74) is 0. The second kappa shape index (κ2) is 6.97. The van der Waals surface area contributed by atoms with Crippen molar-refractivity contribution in [3.8, 4) is 0 Å². The zero-order valence-corrected chi connectivity index (χ0v) is 11.2. The highest BCUT2D eigenvalue weighted by Gasteiger charge is 2.35. The molecule has 0 aromatic rings. The van der Waals surface area contributed by atoms with E-state index in [0.717, 1.165) is 32.2 Å². The van der Waals surface area contributed by atoms with Crippen LogP contribution in [-0.2, 0) is 9.53 Å². The Morgan fingerprint density at radius 3 is 2.65 bits per heavy atom. The SMILES string of the molecule is CCN(C(C)COC)C1CCCCC1C(=O)O. The Morgan fingerprint density at radius 2 is 2.12 bits per heavy atom. The second-order valence-electron chi connectivity index (χ2n) is 4.93. The molecule has 17 heavy (non-hydrogen) atoms. The van der Waals surface area contributed by atoms with Crippen LogP contribution in [0.2, 0.25) is 0 Å². The van der Waals surface area contributed by atoms with E-state index in [9.17, 15) is 9.90 Å². The van der Waals surface area contributed by atoms with E-state index in [1.807, 2.05) is 0 Å². The molecule has 0 amide bonds. The van der Waals surface area contributed by atoms with Gasteiger partial charge in [0.15, 0.2) is 0 Å². The number of carboxylic acid groups (broad SMARTS) is 1. The van der Waals surface area contributed by atoms with Crippen molar-refractivity contribution in [3.05, 3.63) is 0 Å². The van der Waals surface area contributed by atoms with Crippen LogP contribution in [0, 0.1) is 5.92 Å². The molecule has 0 spiro atoms. The van der Waals surface area contributed by atoms with Crippen LogP contribution in [0.25, 0.3) is 0 Å². The molecule has 1 rings (SSSR count). The normalized spacial score (nSPS) is 27.1. The molecule has 0 saturated heterocycles. The molecule has 1 saturated carbocycles. The molecule has 100 valence electrons. The summed E-state index contributed by atoms with van der Waals surface area (Å²) in [7, 11) is 1.69. The van der Waals surface area contributed by atoms with E-state index in [-0.39, 0.29) is 18.0 Å². The summed E-state index contributed by atoms with van der Waals surface area (Å²) in [6, 6.07) is 0.464. The predicted molar refractivity (Wildman–Crippen MR) is 67.1 cm³/mol. The molecule has 1 aliphatic carbocycles. The van der Waals surface area contributed by atoms with Crippen LogP contribution in [-0.4, -0.2) is 48.3 Å². The predicted octanol–water partition coefficient (Wildman–Crippen LogP) is 1.99. The lowest BCUT2D eigenvalue weighted by Gasteiger charge is -2.40. The van der Waals surface area contributed by atoms with Gasteiger partial charge in [-0.2, -0.15) is 0 Å². The smallest absolute Gasteiger partial charge is 0.308 e. The molecule has 0 heterocycles. The lowest BCUT2D eigenvalue weighted by Crippen LogP contribution is -2.50. The molecule has 0 aromatic heterocycles. The van der Waals surface area contributed by atoms with Crippen LogP contribution >= 0.6 is 0 Å². The van der Waals surface area contributed by atoms with Gasteiger partial charge in [0.05, 0.1) is 12.5 Å². The first-order valence-corrected chi connectivity index (χ1v) is 6.59. The maximum atomic E-state index is 11.3. The lowest BCUT2D eigenvalue weighted by atomic mass is 9.83. The van der Waals surface area contributed by atoms with Crippen molar-refractivity contribution < 1.29 is 14.6 Å². The number of hydrogen-bond donors (Lipinski definition) is 1. The van der Waals surface area contributed by atoms with Gasteiger partial charge in [-0.25, -0.2) is 0 Å². The third kappa shape index (κ3) is 3.68. The van der Waals surface area contributed by atoms with Crippen molar-refractivity contribution in [3.63, 3.8) is 0 Å². The summed E-state index contributed by atoms with van der Waals surface area (Å²) in [4.78, 5) is 13.6. The topological polar surface area (TPSA) is 49.8 Å². The van der Waals surface area contributed by atoms with Gasteiger partial charge in [-0.15, -0.1) is 0 Å². The number of nitrogens with zero attached hydrogens (tertiary/aromatic N) is 1. The molecule has 0 aliphatic heterocycles. The van der Waals surface area contributed by atoms with Crippen LogP contribution in [0.4, 0.5) is 0 Å². The fraction of sp³-hybridized carbons (Fsp3) is 0.923. The van der Waals surface area contributed by atoms with Gasteiger partial charge in [-0.3, -0.25) is 9.69 Å². The molecule has 1 aliphatic rings.